The molecule has 0 fully saturated rings. The van der Waals surface area contributed by atoms with Crippen LogP contribution in [-0.2, 0) is 17.8 Å². The largest absolute Gasteiger partial charge is 0.481 e. The summed E-state index contributed by atoms with van der Waals surface area (Å²) in [7, 11) is 0. The molecule has 4 nitrogen and oxygen atoms in total. The van der Waals surface area contributed by atoms with E-state index in [-0.39, 0.29) is 11.6 Å². The molecule has 1 heterocycles. The summed E-state index contributed by atoms with van der Waals surface area (Å²) in [4.78, 5) is 15.6. The van der Waals surface area contributed by atoms with Gasteiger partial charge in [0, 0.05) is 15.6 Å². The molecule has 1 aromatic heterocycles. The first-order valence-corrected chi connectivity index (χ1v) is 8.55. The molecule has 0 saturated carbocycles. The van der Waals surface area contributed by atoms with Gasteiger partial charge in [-0.05, 0) is 17.7 Å². The number of hydrogen-bond donors (Lipinski definition) is 1. The maximum absolute atomic E-state index is 11.2. The minimum atomic E-state index is -0.982. The highest BCUT2D eigenvalue weighted by molar-refractivity contribution is 6.35. The number of hydrogen-bond acceptors (Lipinski definition) is 2. The third-order valence-electron chi connectivity index (χ3n) is 3.72. The molecule has 1 N–H and O–H groups in total. The highest BCUT2D eigenvalue weighted by Gasteiger charge is 2.20. The molecule has 128 valence electrons. The fraction of sp³-hybridized carbons (Fsp3) is 0.111. The molecule has 0 unspecified atom stereocenters. The van der Waals surface area contributed by atoms with Crippen molar-refractivity contribution in [3.05, 3.63) is 75.0 Å². The topological polar surface area (TPSA) is 55.1 Å². The summed E-state index contributed by atoms with van der Waals surface area (Å²) >= 11 is 18.5. The minimum Gasteiger partial charge on any atom is -0.481 e. The van der Waals surface area contributed by atoms with Crippen LogP contribution in [0.4, 0.5) is 0 Å². The number of benzene rings is 2. The Morgan fingerprint density at radius 2 is 1.80 bits per heavy atom. The number of imidazole rings is 1. The van der Waals surface area contributed by atoms with Crippen LogP contribution in [-0.4, -0.2) is 20.6 Å². The van der Waals surface area contributed by atoms with Crippen molar-refractivity contribution in [1.82, 2.24) is 9.55 Å². The van der Waals surface area contributed by atoms with Gasteiger partial charge in [0.2, 0.25) is 0 Å². The first kappa shape index (κ1) is 17.8. The lowest BCUT2D eigenvalue weighted by molar-refractivity contribution is -0.136. The Balaban J connectivity index is 2.12. The Morgan fingerprint density at radius 3 is 2.44 bits per heavy atom. The fourth-order valence-electron chi connectivity index (χ4n) is 2.57. The maximum atomic E-state index is 11.2. The highest BCUT2D eigenvalue weighted by atomic mass is 35.5. The summed E-state index contributed by atoms with van der Waals surface area (Å²) in [6.45, 7) is 0.336. The van der Waals surface area contributed by atoms with E-state index in [1.54, 1.807) is 22.8 Å². The molecule has 0 atom stereocenters. The van der Waals surface area contributed by atoms with Crippen molar-refractivity contribution in [3.8, 4) is 11.4 Å². The quantitative estimate of drug-likeness (QED) is 0.647. The zero-order valence-electron chi connectivity index (χ0n) is 12.9. The van der Waals surface area contributed by atoms with Gasteiger partial charge in [-0.3, -0.25) is 4.79 Å². The van der Waals surface area contributed by atoms with Crippen LogP contribution in [0.15, 0.2) is 48.5 Å². The molecular formula is C18H13Cl3N2O2. The fourth-order valence-corrected chi connectivity index (χ4v) is 3.28. The van der Waals surface area contributed by atoms with Crippen LogP contribution < -0.4 is 0 Å². The standard InChI is InChI=1S/C18H13Cl3N2O2/c19-13-7-6-12(14(20)8-13)10-23-15(9-16(24)25)17(21)22-18(23)11-4-2-1-3-5-11/h1-8H,9-10H2,(H,24,25). The molecule has 3 rings (SSSR count). The molecule has 0 bridgehead atoms. The Labute approximate surface area is 159 Å². The first-order valence-electron chi connectivity index (χ1n) is 7.41. The van der Waals surface area contributed by atoms with Crippen molar-refractivity contribution < 1.29 is 9.90 Å². The van der Waals surface area contributed by atoms with Gasteiger partial charge in [0.1, 0.15) is 5.82 Å². The molecule has 3 aromatic rings. The zero-order valence-corrected chi connectivity index (χ0v) is 15.2. The molecule has 2 aromatic carbocycles. The van der Waals surface area contributed by atoms with E-state index in [2.05, 4.69) is 4.98 Å². The van der Waals surface area contributed by atoms with Crippen LogP contribution >= 0.6 is 34.8 Å². The first-order chi connectivity index (χ1) is 12.0. The number of aromatic nitrogens is 2. The van der Waals surface area contributed by atoms with Crippen LogP contribution in [0, 0.1) is 0 Å². The van der Waals surface area contributed by atoms with E-state index in [4.69, 9.17) is 34.8 Å². The Morgan fingerprint density at radius 1 is 1.08 bits per heavy atom. The lowest BCUT2D eigenvalue weighted by atomic mass is 10.2. The highest BCUT2D eigenvalue weighted by Crippen LogP contribution is 2.29. The van der Waals surface area contributed by atoms with Crippen LogP contribution in [0.1, 0.15) is 11.3 Å². The lowest BCUT2D eigenvalue weighted by Crippen LogP contribution is -2.11. The number of nitrogens with zero attached hydrogens (tertiary/aromatic N) is 2. The molecule has 0 amide bonds. The van der Waals surface area contributed by atoms with E-state index in [1.165, 1.54) is 0 Å². The summed E-state index contributed by atoms with van der Waals surface area (Å²) in [5.74, 6) is -0.391. The molecule has 25 heavy (non-hydrogen) atoms. The van der Waals surface area contributed by atoms with Gasteiger partial charge in [0.15, 0.2) is 5.15 Å². The molecule has 0 aliphatic heterocycles. The summed E-state index contributed by atoms with van der Waals surface area (Å²) in [6.07, 6.45) is -0.232. The van der Waals surface area contributed by atoms with Crippen molar-refractivity contribution in [2.24, 2.45) is 0 Å². The molecule has 0 aliphatic rings. The summed E-state index contributed by atoms with van der Waals surface area (Å²) < 4.78 is 1.78. The van der Waals surface area contributed by atoms with E-state index in [0.717, 1.165) is 11.1 Å². The van der Waals surface area contributed by atoms with E-state index in [0.29, 0.717) is 28.1 Å². The van der Waals surface area contributed by atoms with Gasteiger partial charge in [-0.15, -0.1) is 0 Å². The predicted octanol–water partition coefficient (Wildman–Crippen LogP) is 5.19. The van der Waals surface area contributed by atoms with Crippen LogP contribution in [0.2, 0.25) is 15.2 Å². The minimum absolute atomic E-state index is 0.173. The molecule has 0 radical (unpaired) electrons. The van der Waals surface area contributed by atoms with Gasteiger partial charge in [-0.2, -0.15) is 0 Å². The Kier molecular flexibility index (Phi) is 5.33. The molecule has 0 spiro atoms. The summed E-state index contributed by atoms with van der Waals surface area (Å²) in [5, 5.41) is 10.4. The number of carbonyl (C=O) groups is 1. The van der Waals surface area contributed by atoms with E-state index >= 15 is 0 Å². The molecular weight excluding hydrogens is 383 g/mol. The number of carboxylic acids is 1. The second-order valence-electron chi connectivity index (χ2n) is 5.43. The van der Waals surface area contributed by atoms with Crippen LogP contribution in [0.5, 0.6) is 0 Å². The SMILES string of the molecule is O=C(O)Cc1c(Cl)nc(-c2ccccc2)n1Cc1ccc(Cl)cc1Cl. The second kappa shape index (κ2) is 7.48. The van der Waals surface area contributed by atoms with E-state index in [9.17, 15) is 9.90 Å². The summed E-state index contributed by atoms with van der Waals surface area (Å²) in [5.41, 5.74) is 2.06. The van der Waals surface area contributed by atoms with E-state index < -0.39 is 5.97 Å². The Bertz CT molecular complexity index is 924. The number of halogens is 3. The molecule has 7 heteroatoms. The number of aliphatic carboxylic acids is 1. The average Bonchev–Trinajstić information content (AvgIpc) is 2.87. The molecule has 0 saturated heterocycles. The van der Waals surface area contributed by atoms with E-state index in [1.807, 2.05) is 30.3 Å². The Hall–Kier alpha value is -2.01. The van der Waals surface area contributed by atoms with Crippen molar-refractivity contribution >= 4 is 40.8 Å². The normalized spacial score (nSPS) is 10.8. The zero-order chi connectivity index (χ0) is 18.0. The predicted molar refractivity (Wildman–Crippen MR) is 99.6 cm³/mol. The van der Waals surface area contributed by atoms with Crippen molar-refractivity contribution in [2.45, 2.75) is 13.0 Å². The second-order valence-corrected chi connectivity index (χ2v) is 6.63. The number of rotatable bonds is 5. The molecule has 0 aliphatic carbocycles. The average molecular weight is 396 g/mol. The lowest BCUT2D eigenvalue weighted by Gasteiger charge is -2.13. The van der Waals surface area contributed by atoms with Crippen molar-refractivity contribution in [1.29, 1.82) is 0 Å². The summed E-state index contributed by atoms with van der Waals surface area (Å²) in [6, 6.07) is 14.6. The third-order valence-corrected chi connectivity index (χ3v) is 4.61. The van der Waals surface area contributed by atoms with Gasteiger partial charge in [0.25, 0.3) is 0 Å². The van der Waals surface area contributed by atoms with Gasteiger partial charge >= 0.3 is 5.97 Å². The van der Waals surface area contributed by atoms with Gasteiger partial charge < -0.3 is 9.67 Å². The van der Waals surface area contributed by atoms with Crippen molar-refractivity contribution in [2.75, 3.05) is 0 Å². The van der Waals surface area contributed by atoms with Gasteiger partial charge in [0.05, 0.1) is 18.7 Å². The number of carboxylic acid groups (broad SMARTS) is 1. The van der Waals surface area contributed by atoms with Crippen LogP contribution in [0.3, 0.4) is 0 Å². The monoisotopic (exact) mass is 394 g/mol. The van der Waals surface area contributed by atoms with Gasteiger partial charge in [-0.1, -0.05) is 71.2 Å². The third kappa shape index (κ3) is 3.98. The van der Waals surface area contributed by atoms with Crippen LogP contribution in [0.25, 0.3) is 11.4 Å². The van der Waals surface area contributed by atoms with Crippen molar-refractivity contribution in [3.63, 3.8) is 0 Å². The smallest absolute Gasteiger partial charge is 0.309 e. The van der Waals surface area contributed by atoms with Gasteiger partial charge in [-0.25, -0.2) is 4.98 Å². The maximum Gasteiger partial charge on any atom is 0.309 e.